The molecule has 1 aromatic rings. The van der Waals surface area contributed by atoms with E-state index in [9.17, 15) is 9.59 Å². The lowest BCUT2D eigenvalue weighted by Gasteiger charge is -2.08. The Labute approximate surface area is 114 Å². The van der Waals surface area contributed by atoms with Crippen LogP contribution < -0.4 is 11.1 Å². The number of carbonyl (C=O) groups is 2. The van der Waals surface area contributed by atoms with Gasteiger partial charge < -0.3 is 16.2 Å². The monoisotopic (exact) mass is 279 g/mol. The topological polar surface area (TPSA) is 116 Å². The van der Waals surface area contributed by atoms with Crippen LogP contribution in [0.4, 0.5) is 5.69 Å². The normalized spacial score (nSPS) is 11.4. The minimum absolute atomic E-state index is 0.0841. The zero-order valence-corrected chi connectivity index (χ0v) is 10.8. The molecule has 1 rings (SSSR count). The molecule has 0 aliphatic carbocycles. The molecule has 100 valence electrons. The number of carbonyl (C=O) groups excluding carboxylic acids is 1. The van der Waals surface area contributed by atoms with E-state index in [2.05, 4.69) is 5.32 Å². The molecule has 4 N–H and O–H groups in total. The minimum Gasteiger partial charge on any atom is -0.480 e. The maximum absolute atomic E-state index is 11.6. The summed E-state index contributed by atoms with van der Waals surface area (Å²) >= 11 is 1.13. The predicted molar refractivity (Wildman–Crippen MR) is 72.7 cm³/mol. The molecule has 1 amide bonds. The van der Waals surface area contributed by atoms with E-state index in [0.29, 0.717) is 11.3 Å². The molecule has 0 heterocycles. The van der Waals surface area contributed by atoms with Gasteiger partial charge in [0.25, 0.3) is 0 Å². The molecule has 1 aromatic carbocycles. The summed E-state index contributed by atoms with van der Waals surface area (Å²) in [4.78, 5) is 22.1. The largest absolute Gasteiger partial charge is 0.480 e. The van der Waals surface area contributed by atoms with Crippen LogP contribution in [0.2, 0.25) is 0 Å². The van der Waals surface area contributed by atoms with Crippen LogP contribution in [0.15, 0.2) is 24.3 Å². The molecule has 0 aliphatic heterocycles. The molecule has 0 spiro atoms. The van der Waals surface area contributed by atoms with Crippen molar-refractivity contribution < 1.29 is 14.7 Å². The molecule has 0 bridgehead atoms. The standard InChI is InChI=1S/C12H13N3O3S/c13-5-8-3-1-2-4-10(8)15-11(16)7-19-6-9(14)12(17)18/h1-4,9H,6-7,14H2,(H,15,16)(H,17,18)/t9-/m1/s1. The van der Waals surface area contributed by atoms with E-state index in [1.54, 1.807) is 24.3 Å². The van der Waals surface area contributed by atoms with Gasteiger partial charge in [0.2, 0.25) is 5.91 Å². The molecular formula is C12H13N3O3S. The molecular weight excluding hydrogens is 266 g/mol. The van der Waals surface area contributed by atoms with E-state index >= 15 is 0 Å². The maximum atomic E-state index is 11.6. The van der Waals surface area contributed by atoms with Gasteiger partial charge in [-0.1, -0.05) is 12.1 Å². The van der Waals surface area contributed by atoms with Crippen molar-refractivity contribution in [1.82, 2.24) is 0 Å². The van der Waals surface area contributed by atoms with Crippen molar-refractivity contribution in [2.75, 3.05) is 16.8 Å². The van der Waals surface area contributed by atoms with Gasteiger partial charge in [0.1, 0.15) is 12.1 Å². The van der Waals surface area contributed by atoms with E-state index in [1.165, 1.54) is 0 Å². The van der Waals surface area contributed by atoms with E-state index in [0.717, 1.165) is 11.8 Å². The zero-order valence-electron chi connectivity index (χ0n) is 10.00. The smallest absolute Gasteiger partial charge is 0.321 e. The Morgan fingerprint density at radius 2 is 2.16 bits per heavy atom. The number of carboxylic acid groups (broad SMARTS) is 1. The molecule has 0 radical (unpaired) electrons. The molecule has 7 heteroatoms. The Bertz CT molecular complexity index is 513. The first kappa shape index (κ1) is 15.0. The molecule has 0 saturated carbocycles. The highest BCUT2D eigenvalue weighted by atomic mass is 32.2. The second-order valence-electron chi connectivity index (χ2n) is 3.67. The van der Waals surface area contributed by atoms with Crippen molar-refractivity contribution >= 4 is 29.3 Å². The predicted octanol–water partition coefficient (Wildman–Crippen LogP) is 0.642. The zero-order chi connectivity index (χ0) is 14.3. The summed E-state index contributed by atoms with van der Waals surface area (Å²) in [5, 5.41) is 20.0. The lowest BCUT2D eigenvalue weighted by Crippen LogP contribution is -2.33. The van der Waals surface area contributed by atoms with Crippen molar-refractivity contribution in [3.8, 4) is 6.07 Å². The van der Waals surface area contributed by atoms with E-state index < -0.39 is 12.0 Å². The van der Waals surface area contributed by atoms with Gasteiger partial charge in [-0.15, -0.1) is 11.8 Å². The molecule has 1 atom stereocenters. The number of nitrogens with two attached hydrogens (primary N) is 1. The third-order valence-corrected chi connectivity index (χ3v) is 3.23. The number of amides is 1. The van der Waals surface area contributed by atoms with E-state index in [4.69, 9.17) is 16.1 Å². The highest BCUT2D eigenvalue weighted by molar-refractivity contribution is 8.00. The maximum Gasteiger partial charge on any atom is 0.321 e. The van der Waals surface area contributed by atoms with Crippen LogP contribution in [0, 0.1) is 11.3 Å². The van der Waals surface area contributed by atoms with Crippen LogP contribution in [0.5, 0.6) is 0 Å². The van der Waals surface area contributed by atoms with Crippen molar-refractivity contribution in [1.29, 1.82) is 5.26 Å². The summed E-state index contributed by atoms with van der Waals surface area (Å²) in [6, 6.07) is 7.63. The number of benzene rings is 1. The van der Waals surface area contributed by atoms with Crippen LogP contribution in [-0.2, 0) is 9.59 Å². The Morgan fingerprint density at radius 3 is 2.79 bits per heavy atom. The number of anilines is 1. The first-order valence-electron chi connectivity index (χ1n) is 5.39. The van der Waals surface area contributed by atoms with Crippen molar-refractivity contribution in [2.45, 2.75) is 6.04 Å². The third kappa shape index (κ3) is 4.99. The number of rotatable bonds is 6. The molecule has 0 saturated heterocycles. The van der Waals surface area contributed by atoms with Gasteiger partial charge in [0, 0.05) is 5.75 Å². The summed E-state index contributed by atoms with van der Waals surface area (Å²) in [5.74, 6) is -1.16. The molecule has 0 aliphatic rings. The number of nitriles is 1. The second-order valence-corrected chi connectivity index (χ2v) is 4.70. The Balaban J connectivity index is 2.44. The number of hydrogen-bond donors (Lipinski definition) is 3. The Hall–Kier alpha value is -2.04. The number of carboxylic acids is 1. The lowest BCUT2D eigenvalue weighted by atomic mass is 10.2. The van der Waals surface area contributed by atoms with Crippen LogP contribution in [0.3, 0.4) is 0 Å². The van der Waals surface area contributed by atoms with Gasteiger partial charge in [-0.3, -0.25) is 9.59 Å². The quantitative estimate of drug-likeness (QED) is 0.703. The number of nitrogens with one attached hydrogen (secondary N) is 1. The summed E-state index contributed by atoms with van der Waals surface area (Å²) in [7, 11) is 0. The first-order valence-corrected chi connectivity index (χ1v) is 6.55. The van der Waals surface area contributed by atoms with Gasteiger partial charge in [-0.2, -0.15) is 5.26 Å². The van der Waals surface area contributed by atoms with Crippen molar-refractivity contribution in [3.05, 3.63) is 29.8 Å². The van der Waals surface area contributed by atoms with Crippen LogP contribution in [0.1, 0.15) is 5.56 Å². The third-order valence-electron chi connectivity index (χ3n) is 2.17. The number of hydrogen-bond acceptors (Lipinski definition) is 5. The second kappa shape index (κ2) is 7.41. The number of aliphatic carboxylic acids is 1. The van der Waals surface area contributed by atoms with Gasteiger partial charge >= 0.3 is 5.97 Å². The number of nitrogens with zero attached hydrogens (tertiary/aromatic N) is 1. The molecule has 19 heavy (non-hydrogen) atoms. The van der Waals surface area contributed by atoms with Gasteiger partial charge in [0.05, 0.1) is 17.0 Å². The highest BCUT2D eigenvalue weighted by Crippen LogP contribution is 2.14. The number of para-hydroxylation sites is 1. The first-order chi connectivity index (χ1) is 9.04. The summed E-state index contributed by atoms with van der Waals surface area (Å²) in [6.07, 6.45) is 0. The van der Waals surface area contributed by atoms with Gasteiger partial charge in [-0.05, 0) is 12.1 Å². The van der Waals surface area contributed by atoms with Crippen LogP contribution >= 0.6 is 11.8 Å². The average Bonchev–Trinajstić information content (AvgIpc) is 2.39. The summed E-state index contributed by atoms with van der Waals surface area (Å²) in [6.45, 7) is 0. The summed E-state index contributed by atoms with van der Waals surface area (Å²) in [5.41, 5.74) is 6.13. The van der Waals surface area contributed by atoms with Crippen molar-refractivity contribution in [2.24, 2.45) is 5.73 Å². The van der Waals surface area contributed by atoms with E-state index in [1.807, 2.05) is 6.07 Å². The fourth-order valence-electron chi connectivity index (χ4n) is 1.23. The molecule has 0 aromatic heterocycles. The highest BCUT2D eigenvalue weighted by Gasteiger charge is 2.12. The van der Waals surface area contributed by atoms with Gasteiger partial charge in [-0.25, -0.2) is 0 Å². The molecule has 0 fully saturated rings. The Kier molecular flexibility index (Phi) is 5.85. The fraction of sp³-hybridized carbons (Fsp3) is 0.250. The van der Waals surface area contributed by atoms with E-state index in [-0.39, 0.29) is 17.4 Å². The van der Waals surface area contributed by atoms with Crippen LogP contribution in [0.25, 0.3) is 0 Å². The van der Waals surface area contributed by atoms with Crippen molar-refractivity contribution in [3.63, 3.8) is 0 Å². The fourth-order valence-corrected chi connectivity index (χ4v) is 2.00. The minimum atomic E-state index is -1.09. The molecule has 6 nitrogen and oxygen atoms in total. The summed E-state index contributed by atoms with van der Waals surface area (Å²) < 4.78 is 0. The molecule has 0 unspecified atom stereocenters. The Morgan fingerprint density at radius 1 is 1.47 bits per heavy atom. The van der Waals surface area contributed by atoms with Gasteiger partial charge in [0.15, 0.2) is 0 Å². The lowest BCUT2D eigenvalue weighted by molar-refractivity contribution is -0.137. The SMILES string of the molecule is N#Cc1ccccc1NC(=O)CSC[C@@H](N)C(=O)O. The number of thioether (sulfide) groups is 1. The van der Waals surface area contributed by atoms with Crippen LogP contribution in [-0.4, -0.2) is 34.5 Å². The average molecular weight is 279 g/mol.